The maximum Gasteiger partial charge on any atom is 0.251 e. The van der Waals surface area contributed by atoms with Crippen molar-refractivity contribution in [2.24, 2.45) is 5.92 Å². The van der Waals surface area contributed by atoms with E-state index in [0.29, 0.717) is 11.5 Å². The number of imidazole rings is 1. The third kappa shape index (κ3) is 3.83. The van der Waals surface area contributed by atoms with E-state index < -0.39 is 0 Å². The molecule has 0 fully saturated rings. The number of carbonyl (C=O) groups is 1. The molecule has 0 bridgehead atoms. The molecule has 0 aliphatic rings. The third-order valence-electron chi connectivity index (χ3n) is 3.92. The summed E-state index contributed by atoms with van der Waals surface area (Å²) in [4.78, 5) is 21.0. The minimum absolute atomic E-state index is 0.0855. The fourth-order valence-corrected chi connectivity index (χ4v) is 2.65. The largest absolute Gasteiger partial charge is 0.395 e. The van der Waals surface area contributed by atoms with Crippen LogP contribution in [-0.2, 0) is 0 Å². The minimum atomic E-state index is -0.212. The molecule has 26 heavy (non-hydrogen) atoms. The monoisotopic (exact) mass is 353 g/mol. The molecule has 3 N–H and O–H groups in total. The van der Waals surface area contributed by atoms with Crippen molar-refractivity contribution in [3.63, 3.8) is 0 Å². The highest BCUT2D eigenvalue weighted by Crippen LogP contribution is 2.24. The Bertz CT molecular complexity index is 904. The number of nitrogens with one attached hydrogen (secondary N) is 2. The van der Waals surface area contributed by atoms with Crippen LogP contribution in [0.15, 0.2) is 42.9 Å². The summed E-state index contributed by atoms with van der Waals surface area (Å²) in [5.41, 5.74) is 3.05. The van der Waals surface area contributed by atoms with Gasteiger partial charge in [-0.1, -0.05) is 26.0 Å². The molecule has 1 amide bonds. The number of fused-ring (bicyclic) bond motifs is 1. The Labute approximate surface area is 152 Å². The minimum Gasteiger partial charge on any atom is -0.395 e. The molecule has 3 aromatic rings. The van der Waals surface area contributed by atoms with Gasteiger partial charge in [-0.15, -0.1) is 0 Å². The fraction of sp³-hybridized carbons (Fsp3) is 0.316. The molecule has 136 valence electrons. The Kier molecular flexibility index (Phi) is 5.48. The first-order valence-corrected chi connectivity index (χ1v) is 8.65. The quantitative estimate of drug-likeness (QED) is 0.606. The molecule has 0 atom stereocenters. The molecule has 0 saturated carbocycles. The SMILES string of the molecule is CC(C)CNc1nccn2c(-c3cccc(C(=O)NCCO)c3)cnc12. The number of anilines is 1. The predicted molar refractivity (Wildman–Crippen MR) is 101 cm³/mol. The van der Waals surface area contributed by atoms with E-state index >= 15 is 0 Å². The number of aliphatic hydroxyl groups is 1. The summed E-state index contributed by atoms with van der Waals surface area (Å²) >= 11 is 0. The van der Waals surface area contributed by atoms with Crippen LogP contribution in [0.5, 0.6) is 0 Å². The van der Waals surface area contributed by atoms with E-state index in [1.165, 1.54) is 0 Å². The van der Waals surface area contributed by atoms with E-state index in [1.807, 2.05) is 28.8 Å². The summed E-state index contributed by atoms with van der Waals surface area (Å²) in [6.45, 7) is 5.23. The van der Waals surface area contributed by atoms with Crippen molar-refractivity contribution in [3.8, 4) is 11.3 Å². The van der Waals surface area contributed by atoms with Gasteiger partial charge in [0, 0.05) is 36.6 Å². The van der Waals surface area contributed by atoms with Gasteiger partial charge in [-0.05, 0) is 18.1 Å². The van der Waals surface area contributed by atoms with Crippen LogP contribution in [0, 0.1) is 5.92 Å². The topological polar surface area (TPSA) is 91.6 Å². The Morgan fingerprint density at radius 1 is 1.31 bits per heavy atom. The molecular formula is C19H23N5O2. The van der Waals surface area contributed by atoms with Crippen LogP contribution in [0.25, 0.3) is 16.9 Å². The number of aliphatic hydroxyl groups excluding tert-OH is 1. The maximum absolute atomic E-state index is 12.1. The molecule has 0 unspecified atom stereocenters. The lowest BCUT2D eigenvalue weighted by Gasteiger charge is -2.10. The molecule has 2 heterocycles. The van der Waals surface area contributed by atoms with E-state index in [1.54, 1.807) is 18.5 Å². The van der Waals surface area contributed by atoms with Gasteiger partial charge in [-0.2, -0.15) is 0 Å². The second kappa shape index (κ2) is 7.97. The summed E-state index contributed by atoms with van der Waals surface area (Å²) in [5.74, 6) is 1.03. The highest BCUT2D eigenvalue weighted by Gasteiger charge is 2.12. The van der Waals surface area contributed by atoms with E-state index in [4.69, 9.17) is 5.11 Å². The van der Waals surface area contributed by atoms with Crippen LogP contribution >= 0.6 is 0 Å². The number of hydrogen-bond acceptors (Lipinski definition) is 5. The standard InChI is InChI=1S/C19H23N5O2/c1-13(2)11-22-17-18-23-12-16(24(18)8-6-20-17)14-4-3-5-15(10-14)19(26)21-7-9-25/h3-6,8,10,12-13,25H,7,9,11H2,1-2H3,(H,20,22)(H,21,26). The average Bonchev–Trinajstić information content (AvgIpc) is 3.09. The number of amides is 1. The van der Waals surface area contributed by atoms with Crippen molar-refractivity contribution in [1.29, 1.82) is 0 Å². The van der Waals surface area contributed by atoms with Gasteiger partial charge < -0.3 is 15.7 Å². The third-order valence-corrected chi connectivity index (χ3v) is 3.92. The number of aromatic nitrogens is 3. The number of benzene rings is 1. The van der Waals surface area contributed by atoms with Gasteiger partial charge in [0.2, 0.25) is 0 Å². The smallest absolute Gasteiger partial charge is 0.251 e. The molecule has 0 aliphatic heterocycles. The zero-order valence-electron chi connectivity index (χ0n) is 14.9. The Balaban J connectivity index is 1.94. The van der Waals surface area contributed by atoms with Crippen molar-refractivity contribution >= 4 is 17.4 Å². The van der Waals surface area contributed by atoms with Crippen molar-refractivity contribution in [2.75, 3.05) is 25.0 Å². The fourth-order valence-electron chi connectivity index (χ4n) is 2.65. The number of hydrogen-bond donors (Lipinski definition) is 3. The molecular weight excluding hydrogens is 330 g/mol. The van der Waals surface area contributed by atoms with Gasteiger partial charge >= 0.3 is 0 Å². The Hall–Kier alpha value is -2.93. The summed E-state index contributed by atoms with van der Waals surface area (Å²) < 4.78 is 1.96. The van der Waals surface area contributed by atoms with Gasteiger partial charge in [0.25, 0.3) is 5.91 Å². The van der Waals surface area contributed by atoms with Gasteiger partial charge in [-0.25, -0.2) is 9.97 Å². The van der Waals surface area contributed by atoms with Gasteiger partial charge in [0.15, 0.2) is 11.5 Å². The highest BCUT2D eigenvalue weighted by atomic mass is 16.3. The highest BCUT2D eigenvalue weighted by molar-refractivity contribution is 5.95. The first kappa shape index (κ1) is 17.9. The Morgan fingerprint density at radius 3 is 2.92 bits per heavy atom. The maximum atomic E-state index is 12.1. The van der Waals surface area contributed by atoms with Crippen LogP contribution in [0.1, 0.15) is 24.2 Å². The van der Waals surface area contributed by atoms with E-state index in [9.17, 15) is 4.79 Å². The molecule has 1 aromatic carbocycles. The number of nitrogens with zero attached hydrogens (tertiary/aromatic N) is 3. The van der Waals surface area contributed by atoms with E-state index in [-0.39, 0.29) is 19.1 Å². The zero-order chi connectivity index (χ0) is 18.5. The van der Waals surface area contributed by atoms with Crippen molar-refractivity contribution in [2.45, 2.75) is 13.8 Å². The average molecular weight is 353 g/mol. The van der Waals surface area contributed by atoms with E-state index in [0.717, 1.165) is 29.3 Å². The first-order valence-electron chi connectivity index (χ1n) is 8.65. The predicted octanol–water partition coefficient (Wildman–Crippen LogP) is 2.19. The van der Waals surface area contributed by atoms with Gasteiger partial charge in [0.1, 0.15) is 0 Å². The van der Waals surface area contributed by atoms with Gasteiger partial charge in [0.05, 0.1) is 18.5 Å². The molecule has 7 nitrogen and oxygen atoms in total. The van der Waals surface area contributed by atoms with Crippen LogP contribution < -0.4 is 10.6 Å². The first-order chi connectivity index (χ1) is 12.6. The normalized spacial score (nSPS) is 11.1. The lowest BCUT2D eigenvalue weighted by atomic mass is 10.1. The molecule has 0 aliphatic carbocycles. The second-order valence-corrected chi connectivity index (χ2v) is 6.45. The van der Waals surface area contributed by atoms with Crippen molar-refractivity contribution in [3.05, 3.63) is 48.4 Å². The van der Waals surface area contributed by atoms with E-state index in [2.05, 4.69) is 34.4 Å². The van der Waals surface area contributed by atoms with Crippen LogP contribution in [0.3, 0.4) is 0 Å². The summed E-state index contributed by atoms with van der Waals surface area (Å²) in [6.07, 6.45) is 5.37. The molecule has 0 saturated heterocycles. The molecule has 2 aromatic heterocycles. The summed E-state index contributed by atoms with van der Waals surface area (Å²) in [7, 11) is 0. The number of rotatable bonds is 7. The van der Waals surface area contributed by atoms with Crippen LogP contribution in [0.2, 0.25) is 0 Å². The molecule has 7 heteroatoms. The summed E-state index contributed by atoms with van der Waals surface area (Å²) in [6, 6.07) is 7.34. The second-order valence-electron chi connectivity index (χ2n) is 6.45. The molecule has 0 radical (unpaired) electrons. The van der Waals surface area contributed by atoms with Crippen LogP contribution in [-0.4, -0.2) is 45.1 Å². The lowest BCUT2D eigenvalue weighted by molar-refractivity contribution is 0.0945. The number of carbonyl (C=O) groups excluding carboxylic acids is 1. The Morgan fingerprint density at radius 2 is 2.15 bits per heavy atom. The molecule has 3 rings (SSSR count). The summed E-state index contributed by atoms with van der Waals surface area (Å²) in [5, 5.41) is 14.8. The lowest BCUT2D eigenvalue weighted by Crippen LogP contribution is -2.26. The van der Waals surface area contributed by atoms with Gasteiger partial charge in [-0.3, -0.25) is 9.20 Å². The van der Waals surface area contributed by atoms with Crippen molar-refractivity contribution in [1.82, 2.24) is 19.7 Å². The molecule has 0 spiro atoms. The van der Waals surface area contributed by atoms with Crippen LogP contribution in [0.4, 0.5) is 5.82 Å². The van der Waals surface area contributed by atoms with Crippen molar-refractivity contribution < 1.29 is 9.90 Å². The zero-order valence-corrected chi connectivity index (χ0v) is 14.9.